The van der Waals surface area contributed by atoms with Crippen molar-refractivity contribution in [3.8, 4) is 44.5 Å². The van der Waals surface area contributed by atoms with Gasteiger partial charge >= 0.3 is 6.18 Å². The average molecular weight is 501 g/mol. The van der Waals surface area contributed by atoms with Crippen LogP contribution in [0.2, 0.25) is 0 Å². The molecule has 0 N–H and O–H groups in total. The number of benzene rings is 6. The Hall–Kier alpha value is -4.63. The van der Waals surface area contributed by atoms with E-state index in [1.54, 1.807) is 6.07 Å². The number of alkyl halides is 3. The third-order valence-corrected chi connectivity index (χ3v) is 6.89. The van der Waals surface area contributed by atoms with Crippen LogP contribution in [0.4, 0.5) is 13.2 Å². The van der Waals surface area contributed by atoms with E-state index in [-0.39, 0.29) is 0 Å². The molecule has 38 heavy (non-hydrogen) atoms. The lowest BCUT2D eigenvalue weighted by molar-refractivity contribution is -0.137. The van der Waals surface area contributed by atoms with Crippen LogP contribution in [-0.4, -0.2) is 0 Å². The summed E-state index contributed by atoms with van der Waals surface area (Å²) in [5, 5.41) is 1.35. The molecule has 0 saturated heterocycles. The fourth-order valence-corrected chi connectivity index (χ4v) is 5.26. The normalized spacial score (nSPS) is 11.6. The van der Waals surface area contributed by atoms with E-state index in [1.165, 1.54) is 12.1 Å². The van der Waals surface area contributed by atoms with Crippen molar-refractivity contribution >= 4 is 10.8 Å². The minimum Gasteiger partial charge on any atom is -0.166 e. The van der Waals surface area contributed by atoms with Gasteiger partial charge in [0, 0.05) is 0 Å². The molecule has 184 valence electrons. The first-order valence-electron chi connectivity index (χ1n) is 12.4. The summed E-state index contributed by atoms with van der Waals surface area (Å²) in [6, 6.07) is 43.8. The van der Waals surface area contributed by atoms with E-state index in [2.05, 4.69) is 12.1 Å². The Bertz CT molecular complexity index is 1700. The number of hydrogen-bond acceptors (Lipinski definition) is 0. The molecule has 6 aromatic carbocycles. The predicted molar refractivity (Wildman–Crippen MR) is 151 cm³/mol. The lowest BCUT2D eigenvalue weighted by atomic mass is 9.78. The summed E-state index contributed by atoms with van der Waals surface area (Å²) in [7, 11) is 0. The van der Waals surface area contributed by atoms with Crippen LogP contribution in [-0.2, 0) is 6.18 Å². The van der Waals surface area contributed by atoms with Crippen molar-refractivity contribution in [1.29, 1.82) is 0 Å². The highest BCUT2D eigenvalue weighted by molar-refractivity contribution is 6.18. The van der Waals surface area contributed by atoms with Gasteiger partial charge in [-0.25, -0.2) is 0 Å². The fraction of sp³-hybridized carbons (Fsp3) is 0.0286. The van der Waals surface area contributed by atoms with Gasteiger partial charge < -0.3 is 0 Å². The zero-order valence-electron chi connectivity index (χ0n) is 20.4. The third-order valence-electron chi connectivity index (χ3n) is 6.89. The van der Waals surface area contributed by atoms with Crippen LogP contribution in [0.1, 0.15) is 5.56 Å². The fourth-order valence-electron chi connectivity index (χ4n) is 5.26. The number of fused-ring (bicyclic) bond motifs is 1. The Labute approximate surface area is 219 Å². The van der Waals surface area contributed by atoms with Gasteiger partial charge in [0.15, 0.2) is 0 Å². The lowest BCUT2D eigenvalue weighted by Gasteiger charge is -2.25. The molecule has 0 radical (unpaired) electrons. The first-order valence-corrected chi connectivity index (χ1v) is 12.4. The first kappa shape index (κ1) is 23.7. The minimum atomic E-state index is -4.46. The van der Waals surface area contributed by atoms with Crippen LogP contribution in [0.15, 0.2) is 140 Å². The van der Waals surface area contributed by atoms with Crippen LogP contribution in [0, 0.1) is 0 Å². The van der Waals surface area contributed by atoms with E-state index in [4.69, 9.17) is 0 Å². The molecule has 0 aliphatic heterocycles. The summed E-state index contributed by atoms with van der Waals surface area (Å²) in [4.78, 5) is 0. The molecule has 0 aliphatic rings. The molecule has 0 aliphatic carbocycles. The van der Waals surface area contributed by atoms with Gasteiger partial charge in [-0.2, -0.15) is 13.2 Å². The van der Waals surface area contributed by atoms with Gasteiger partial charge in [0.05, 0.1) is 5.56 Å². The molecule has 3 heteroatoms. The zero-order valence-corrected chi connectivity index (χ0v) is 20.4. The largest absolute Gasteiger partial charge is 0.416 e. The molecule has 6 aromatic rings. The maximum absolute atomic E-state index is 14.0. The Balaban J connectivity index is 1.91. The number of rotatable bonds is 4. The Morgan fingerprint density at radius 3 is 1.05 bits per heavy atom. The topological polar surface area (TPSA) is 0 Å². The molecule has 0 aromatic heterocycles. The molecule has 0 atom stereocenters. The van der Waals surface area contributed by atoms with Crippen molar-refractivity contribution in [2.45, 2.75) is 6.18 Å². The molecule has 0 heterocycles. The Morgan fingerprint density at radius 2 is 0.684 bits per heavy atom. The van der Waals surface area contributed by atoms with Gasteiger partial charge in [-0.1, -0.05) is 127 Å². The van der Waals surface area contributed by atoms with E-state index < -0.39 is 11.7 Å². The highest BCUT2D eigenvalue weighted by Crippen LogP contribution is 2.51. The summed E-state index contributed by atoms with van der Waals surface area (Å²) < 4.78 is 42.1. The van der Waals surface area contributed by atoms with Crippen molar-refractivity contribution in [3.63, 3.8) is 0 Å². The summed E-state index contributed by atoms with van der Waals surface area (Å²) in [5.74, 6) is 0. The Morgan fingerprint density at radius 1 is 0.342 bits per heavy atom. The van der Waals surface area contributed by atoms with Crippen LogP contribution >= 0.6 is 0 Å². The Kier molecular flexibility index (Phi) is 6.05. The van der Waals surface area contributed by atoms with Gasteiger partial charge in [-0.15, -0.1) is 0 Å². The van der Waals surface area contributed by atoms with E-state index in [1.807, 2.05) is 109 Å². The monoisotopic (exact) mass is 500 g/mol. The lowest BCUT2D eigenvalue weighted by Crippen LogP contribution is -2.05. The second-order valence-electron chi connectivity index (χ2n) is 9.22. The summed E-state index contributed by atoms with van der Waals surface area (Å²) in [6.07, 6.45) is -4.46. The molecule has 0 nitrogen and oxygen atoms in total. The summed E-state index contributed by atoms with van der Waals surface area (Å²) in [5.41, 5.74) is 6.72. The third kappa shape index (κ3) is 4.26. The molecule has 0 spiro atoms. The smallest absolute Gasteiger partial charge is 0.166 e. The molecular weight excluding hydrogens is 477 g/mol. The standard InChI is InChI=1S/C35H23F3/c36-35(37,38)28-21-22-29-30(23-28)32(25-15-7-2-8-16-25)34(27-19-11-4-12-20-27)33(26-17-9-3-10-18-26)31(29)24-13-5-1-6-14-24/h1-23H. The average Bonchev–Trinajstić information content (AvgIpc) is 2.97. The van der Waals surface area contributed by atoms with Crippen molar-refractivity contribution in [1.82, 2.24) is 0 Å². The minimum absolute atomic E-state index is 0.573. The van der Waals surface area contributed by atoms with Crippen molar-refractivity contribution in [3.05, 3.63) is 145 Å². The molecular formula is C35H23F3. The van der Waals surface area contributed by atoms with Crippen LogP contribution < -0.4 is 0 Å². The highest BCUT2D eigenvalue weighted by atomic mass is 19.4. The highest BCUT2D eigenvalue weighted by Gasteiger charge is 2.32. The van der Waals surface area contributed by atoms with E-state index >= 15 is 0 Å². The van der Waals surface area contributed by atoms with Gasteiger partial charge in [-0.05, 0) is 67.4 Å². The van der Waals surface area contributed by atoms with Crippen LogP contribution in [0.25, 0.3) is 55.3 Å². The summed E-state index contributed by atoms with van der Waals surface area (Å²) in [6.45, 7) is 0. The van der Waals surface area contributed by atoms with Gasteiger partial charge in [0.2, 0.25) is 0 Å². The molecule has 6 rings (SSSR count). The van der Waals surface area contributed by atoms with E-state index in [9.17, 15) is 13.2 Å². The predicted octanol–water partition coefficient (Wildman–Crippen LogP) is 10.5. The molecule has 0 unspecified atom stereocenters. The molecule has 0 saturated carbocycles. The SMILES string of the molecule is FC(F)(F)c1ccc2c(-c3ccccc3)c(-c3ccccc3)c(-c3ccccc3)c(-c3ccccc3)c2c1. The second kappa shape index (κ2) is 9.68. The maximum Gasteiger partial charge on any atom is 0.416 e. The number of hydrogen-bond donors (Lipinski definition) is 0. The second-order valence-corrected chi connectivity index (χ2v) is 9.22. The van der Waals surface area contributed by atoms with Crippen molar-refractivity contribution in [2.24, 2.45) is 0 Å². The molecule has 0 amide bonds. The van der Waals surface area contributed by atoms with Gasteiger partial charge in [0.25, 0.3) is 0 Å². The van der Waals surface area contributed by atoms with Gasteiger partial charge in [-0.3, -0.25) is 0 Å². The van der Waals surface area contributed by atoms with E-state index in [0.717, 1.165) is 49.9 Å². The first-order chi connectivity index (χ1) is 18.5. The summed E-state index contributed by atoms with van der Waals surface area (Å²) >= 11 is 0. The van der Waals surface area contributed by atoms with Crippen LogP contribution in [0.3, 0.4) is 0 Å². The van der Waals surface area contributed by atoms with Gasteiger partial charge in [0.1, 0.15) is 0 Å². The zero-order chi connectivity index (χ0) is 26.1. The van der Waals surface area contributed by atoms with E-state index in [0.29, 0.717) is 5.39 Å². The maximum atomic E-state index is 14.0. The van der Waals surface area contributed by atoms with Crippen molar-refractivity contribution in [2.75, 3.05) is 0 Å². The number of halogens is 3. The van der Waals surface area contributed by atoms with Crippen molar-refractivity contribution < 1.29 is 13.2 Å². The molecule has 0 bridgehead atoms. The quantitative estimate of drug-likeness (QED) is 0.226. The molecule has 0 fully saturated rings. The van der Waals surface area contributed by atoms with Crippen LogP contribution in [0.5, 0.6) is 0 Å².